The molecule has 0 aliphatic rings. The minimum atomic E-state index is -1.73. The van der Waals surface area contributed by atoms with Crippen LogP contribution < -0.4 is 14.2 Å². The molecule has 149 heavy (non-hydrogen) atoms. The fourth-order valence-electron chi connectivity index (χ4n) is 10.1. The van der Waals surface area contributed by atoms with Gasteiger partial charge in [-0.2, -0.15) is 0 Å². The normalized spacial score (nSPS) is 10.7. The molecule has 11 aromatic rings. The molecule has 11 aromatic carbocycles. The van der Waals surface area contributed by atoms with E-state index in [1.165, 1.54) is 6.08 Å². The summed E-state index contributed by atoms with van der Waals surface area (Å²) in [5, 5.41) is 52.4. The van der Waals surface area contributed by atoms with Gasteiger partial charge in [-0.25, -0.2) is 105 Å². The van der Waals surface area contributed by atoms with Gasteiger partial charge in [0.15, 0.2) is 87.2 Å². The molecule has 0 aliphatic heterocycles. The highest BCUT2D eigenvalue weighted by molar-refractivity contribution is 9.11. The summed E-state index contributed by atoms with van der Waals surface area (Å²) >= 11 is 8.62. The van der Waals surface area contributed by atoms with Gasteiger partial charge in [0.1, 0.15) is 117 Å². The lowest BCUT2D eigenvalue weighted by Crippen LogP contribution is -2.29. The van der Waals surface area contributed by atoms with Crippen molar-refractivity contribution >= 4 is 115 Å². The molecule has 6 N–H and O–H groups in total. The van der Waals surface area contributed by atoms with E-state index in [2.05, 4.69) is 68.6 Å². The Morgan fingerprint density at radius 1 is 0.342 bits per heavy atom. The lowest BCUT2D eigenvalue weighted by molar-refractivity contribution is -0.131. The van der Waals surface area contributed by atoms with Gasteiger partial charge in [0, 0.05) is 23.8 Å². The molecule has 28 nitrogen and oxygen atoms in total. The second-order valence-corrected chi connectivity index (χ2v) is 36.7. The number of ether oxygens (including phenoxy) is 12. The van der Waals surface area contributed by atoms with Crippen molar-refractivity contribution in [1.29, 1.82) is 0 Å². The van der Waals surface area contributed by atoms with E-state index < -0.39 is 209 Å². The first-order valence-corrected chi connectivity index (χ1v) is 44.9. The van der Waals surface area contributed by atoms with Gasteiger partial charge in [-0.3, -0.25) is 4.79 Å². The van der Waals surface area contributed by atoms with Crippen molar-refractivity contribution in [3.63, 3.8) is 0 Å². The standard InChI is InChI=1S/C24H18F2O5.C21H15BrF2O3.C11H11BrF2O3.2C11H12F2O3.C10H18O5.C7H3BrF2O3.C6H4F2O.C3H4O2/c25-20-13-19(11-12-29-16-27)23(30-14-17-7-3-1-4-8-17)21(22(20)26)24(28)31-15-18-9-5-2-6-10-18;22-16-11-17(23)19(24)18(20(16)26-12-14-7-3-1-4-8-14)21(25)27-13-15-9-5-2-6-10-15;1-11(2,3)17-10(16)7-8(14)6(13)4-5(12)9(7)15;1-11(2,3)16-10(14)15-7-4-5-8(12)9(13)6-7;1-11(2,3)16-10(15)8-7(14)5-4-6(12)9(8)13;1-9(2,3)14-7(11)13-8(12)15-10(4,5)6;8-2-1-3(9)5(10)4(6(2)11)7(12)13;7-5-2-1-4(9)3-6(5)8;1-2-3(4)5/h1-13,16H,14-15H2;1-11H,12-13H2;4,15H,1-3H3;4-6H,1-3H3;4-5,14H,1-3H3;1-6H3;1,11H,(H,12,13);1-3,9H;2H,1H2,(H,4,5)/b12-11+;;;;;;;;. The number of esters is 4. The summed E-state index contributed by atoms with van der Waals surface area (Å²) < 4.78 is 243. The first-order valence-electron chi connectivity index (χ1n) is 42.5. The third-order valence-corrected chi connectivity index (χ3v) is 18.1. The Hall–Kier alpha value is -15.5. The number of phenols is 4. The molecule has 0 bridgehead atoms. The first kappa shape index (κ1) is 128. The highest BCUT2D eigenvalue weighted by atomic mass is 79.9. The highest BCUT2D eigenvalue weighted by Gasteiger charge is 2.33. The van der Waals surface area contributed by atoms with Crippen LogP contribution in [0, 0.1) is 81.4 Å². The highest BCUT2D eigenvalue weighted by Crippen LogP contribution is 2.39. The quantitative estimate of drug-likeness (QED) is 0.00475. The number of carbonyl (C=O) groups is 10. The van der Waals surface area contributed by atoms with Crippen molar-refractivity contribution in [2.24, 2.45) is 0 Å². The van der Waals surface area contributed by atoms with Gasteiger partial charge in [-0.05, 0) is 241 Å². The number of benzene rings is 11. The van der Waals surface area contributed by atoms with Gasteiger partial charge in [0.05, 0.1) is 19.7 Å². The number of aromatic carboxylic acids is 1. The number of hydrogen-bond acceptors (Lipinski definition) is 26. The van der Waals surface area contributed by atoms with Crippen LogP contribution in [0.4, 0.5) is 75.8 Å². The van der Waals surface area contributed by atoms with E-state index in [0.29, 0.717) is 11.6 Å². The van der Waals surface area contributed by atoms with E-state index in [4.69, 9.17) is 63.1 Å². The molecule has 0 saturated heterocycles. The van der Waals surface area contributed by atoms with Crippen LogP contribution in [-0.2, 0) is 78.6 Å². The number of aliphatic carboxylic acids is 1. The van der Waals surface area contributed by atoms with Crippen LogP contribution in [0.3, 0.4) is 0 Å². The first-order chi connectivity index (χ1) is 69.2. The molecule has 11 rings (SSSR count). The van der Waals surface area contributed by atoms with Crippen LogP contribution in [-0.4, -0.2) is 119 Å². The Kier molecular flexibility index (Phi) is 51.3. The molecule has 0 amide bonds. The third-order valence-electron chi connectivity index (χ3n) is 16.3. The van der Waals surface area contributed by atoms with Crippen molar-refractivity contribution in [3.8, 4) is 40.2 Å². The van der Waals surface area contributed by atoms with Gasteiger partial charge in [-0.1, -0.05) is 128 Å². The summed E-state index contributed by atoms with van der Waals surface area (Å²) in [6.07, 6.45) is -0.0914. The minimum absolute atomic E-state index is 0.00309. The van der Waals surface area contributed by atoms with Crippen LogP contribution in [0.25, 0.3) is 6.08 Å². The topological polar surface area (TPSA) is 403 Å². The molecular formula is C104H97Br3F14O28. The van der Waals surface area contributed by atoms with Crippen molar-refractivity contribution < 1.29 is 197 Å². The number of carbonyl (C=O) groups excluding carboxylic acids is 8. The number of carboxylic acid groups (broad SMARTS) is 2. The number of carboxylic acids is 2. The summed E-state index contributed by atoms with van der Waals surface area (Å²) in [6, 6.07) is 46.0. The zero-order chi connectivity index (χ0) is 113. The summed E-state index contributed by atoms with van der Waals surface area (Å²) in [7, 11) is 0. The largest absolute Gasteiger partial charge is 0.519 e. The summed E-state index contributed by atoms with van der Waals surface area (Å²) in [5.41, 5.74) is -4.76. The van der Waals surface area contributed by atoms with Crippen LogP contribution >= 0.6 is 47.8 Å². The maximum atomic E-state index is 14.7. The predicted molar refractivity (Wildman–Crippen MR) is 519 cm³/mol. The molecule has 45 heteroatoms. The van der Waals surface area contributed by atoms with E-state index in [1.807, 2.05) is 42.5 Å². The molecule has 0 unspecified atom stereocenters. The average Bonchev–Trinajstić information content (AvgIpc) is 0.803. The second-order valence-electron chi connectivity index (χ2n) is 34.2. The monoisotopic (exact) mass is 2300 g/mol. The van der Waals surface area contributed by atoms with Gasteiger partial charge in [-0.15, -0.1) is 0 Å². The van der Waals surface area contributed by atoms with Crippen LogP contribution in [0.15, 0.2) is 226 Å². The molecule has 0 radical (unpaired) electrons. The van der Waals surface area contributed by atoms with Crippen molar-refractivity contribution in [3.05, 3.63) is 364 Å². The molecule has 0 spiro atoms. The molecular weight excluding hydrogens is 2200 g/mol. The Balaban J connectivity index is 0.000000445. The minimum Gasteiger partial charge on any atom is -0.508 e. The van der Waals surface area contributed by atoms with Gasteiger partial charge in [0.2, 0.25) is 0 Å². The predicted octanol–water partition coefficient (Wildman–Crippen LogP) is 26.9. The van der Waals surface area contributed by atoms with Gasteiger partial charge < -0.3 is 87.5 Å². The van der Waals surface area contributed by atoms with E-state index in [0.717, 1.165) is 95.8 Å². The molecule has 0 atom stereocenters. The lowest BCUT2D eigenvalue weighted by Gasteiger charge is -2.20. The van der Waals surface area contributed by atoms with Gasteiger partial charge >= 0.3 is 54.3 Å². The zero-order valence-electron chi connectivity index (χ0n) is 81.4. The maximum Gasteiger partial charge on any atom is 0.519 e. The Morgan fingerprint density at radius 3 is 1.05 bits per heavy atom. The Bertz CT molecular complexity index is 6400. The maximum absolute atomic E-state index is 14.7. The third kappa shape index (κ3) is 46.8. The van der Waals surface area contributed by atoms with E-state index in [1.54, 1.807) is 183 Å². The smallest absolute Gasteiger partial charge is 0.508 e. The number of rotatable bonds is 20. The fraction of sp³-hybridized carbons (Fsp3) is 0.231. The van der Waals surface area contributed by atoms with Crippen molar-refractivity contribution in [1.82, 2.24) is 0 Å². The second kappa shape index (κ2) is 59.9. The Morgan fingerprint density at radius 2 is 0.671 bits per heavy atom. The van der Waals surface area contributed by atoms with E-state index >= 15 is 0 Å². The summed E-state index contributed by atoms with van der Waals surface area (Å²) in [4.78, 5) is 111. The summed E-state index contributed by atoms with van der Waals surface area (Å²) in [5.74, 6) is -27.3. The molecule has 0 fully saturated rings. The average molecular weight is 2300 g/mol. The lowest BCUT2D eigenvalue weighted by atomic mass is 10.1. The van der Waals surface area contributed by atoms with Gasteiger partial charge in [0.25, 0.3) is 6.47 Å². The molecule has 0 aromatic heterocycles. The fourth-order valence-corrected chi connectivity index (χ4v) is 11.4. The van der Waals surface area contributed by atoms with Crippen LogP contribution in [0.1, 0.15) is 183 Å². The Labute approximate surface area is 868 Å². The molecule has 0 heterocycles. The number of halogens is 17. The van der Waals surface area contributed by atoms with Crippen molar-refractivity contribution in [2.45, 2.75) is 158 Å². The number of phenolic OH excluding ortho intramolecular Hbond substituents is 3. The molecule has 800 valence electrons. The summed E-state index contributed by atoms with van der Waals surface area (Å²) in [6.45, 7) is 27.5. The van der Waals surface area contributed by atoms with E-state index in [9.17, 15) is 120 Å². The number of aromatic hydroxyl groups is 4. The molecule has 0 saturated carbocycles. The van der Waals surface area contributed by atoms with E-state index in [-0.39, 0.29) is 74.9 Å². The molecule has 0 aliphatic carbocycles. The van der Waals surface area contributed by atoms with Crippen LogP contribution in [0.5, 0.6) is 40.2 Å². The SMILES string of the molecule is C=CC(=O)O.CC(C)(C)OC(=O)OC(=O)OC(C)(C)C.CC(C)(C)OC(=O)Oc1ccc(F)c(F)c1.CC(C)(C)OC(=O)c1c(O)c(Br)cc(F)c1F.CC(C)(C)OC(=O)c1c(O)ccc(F)c1F.O=C(O)c1c(O)c(Br)cc(F)c1F.O=C(OCc1ccccc1)c1c(F)c(F)cc(Br)c1OCc1ccccc1.O=CO/C=C/c1cc(F)c(F)c(C(=O)OCc2ccccc2)c1OCc1ccccc1.Oc1ccc(F)c(F)c1. The van der Waals surface area contributed by atoms with Crippen molar-refractivity contribution in [2.75, 3.05) is 0 Å². The number of hydrogen-bond donors (Lipinski definition) is 6. The van der Waals surface area contributed by atoms with Crippen LogP contribution in [0.2, 0.25) is 0 Å². The zero-order valence-corrected chi connectivity index (χ0v) is 86.2.